The number of hydrogen-bond acceptors (Lipinski definition) is 7. The Balaban J connectivity index is 1.58. The number of anilines is 1. The molecule has 0 saturated carbocycles. The molecule has 0 radical (unpaired) electrons. The van der Waals surface area contributed by atoms with Gasteiger partial charge in [0, 0.05) is 24.0 Å². The van der Waals surface area contributed by atoms with Crippen LogP contribution in [0.1, 0.15) is 17.3 Å². The summed E-state index contributed by atoms with van der Waals surface area (Å²) < 4.78 is 4.21. The van der Waals surface area contributed by atoms with Gasteiger partial charge >= 0.3 is 0 Å². The second-order valence-electron chi connectivity index (χ2n) is 6.92. The van der Waals surface area contributed by atoms with Gasteiger partial charge < -0.3 is 5.32 Å². The van der Waals surface area contributed by atoms with E-state index in [4.69, 9.17) is 12.2 Å². The number of nitrogens with one attached hydrogen (secondary N) is 1. The van der Waals surface area contributed by atoms with Gasteiger partial charge in [-0.25, -0.2) is 4.98 Å². The molecular weight excluding hydrogens is 464 g/mol. The predicted molar refractivity (Wildman–Crippen MR) is 131 cm³/mol. The molecule has 162 valence electrons. The second-order valence-corrected chi connectivity index (χ2v) is 9.51. The van der Waals surface area contributed by atoms with Crippen molar-refractivity contribution >= 4 is 63.0 Å². The van der Waals surface area contributed by atoms with Crippen LogP contribution < -0.4 is 10.9 Å². The van der Waals surface area contributed by atoms with Crippen LogP contribution in [0.5, 0.6) is 0 Å². The van der Waals surface area contributed by atoms with Crippen molar-refractivity contribution < 1.29 is 9.59 Å². The highest BCUT2D eigenvalue weighted by atomic mass is 32.2. The van der Waals surface area contributed by atoms with Crippen LogP contribution in [0, 0.1) is 3.95 Å². The number of Topliss-reactive ketones (excluding diaryl/α,β-unsaturated/α-hetero) is 1. The van der Waals surface area contributed by atoms with E-state index in [-0.39, 0.29) is 23.0 Å². The van der Waals surface area contributed by atoms with Crippen LogP contribution in [0.2, 0.25) is 0 Å². The van der Waals surface area contributed by atoms with Crippen LogP contribution in [0.15, 0.2) is 64.5 Å². The summed E-state index contributed by atoms with van der Waals surface area (Å²) in [4.78, 5) is 41.4. The van der Waals surface area contributed by atoms with E-state index in [1.165, 1.54) is 34.6 Å². The van der Waals surface area contributed by atoms with E-state index >= 15 is 0 Å². The maximum absolute atomic E-state index is 12.9. The molecule has 0 aliphatic rings. The number of benzene rings is 2. The zero-order valence-corrected chi connectivity index (χ0v) is 19.6. The van der Waals surface area contributed by atoms with Crippen LogP contribution in [-0.2, 0) is 11.8 Å². The van der Waals surface area contributed by atoms with Crippen LogP contribution >= 0.6 is 35.3 Å². The van der Waals surface area contributed by atoms with E-state index in [0.29, 0.717) is 30.7 Å². The van der Waals surface area contributed by atoms with Crippen molar-refractivity contribution in [3.63, 3.8) is 0 Å². The number of rotatable bonds is 6. The monoisotopic (exact) mass is 482 g/mol. The Kier molecular flexibility index (Phi) is 6.35. The van der Waals surface area contributed by atoms with E-state index in [9.17, 15) is 14.4 Å². The molecule has 4 aromatic rings. The molecule has 1 N–H and O–H groups in total. The van der Waals surface area contributed by atoms with Gasteiger partial charge in [0.2, 0.25) is 5.91 Å². The highest BCUT2D eigenvalue weighted by molar-refractivity contribution is 7.99. The topological polar surface area (TPSA) is 86.0 Å². The number of nitrogens with zero attached hydrogens (tertiary/aromatic N) is 3. The Bertz CT molecular complexity index is 1440. The lowest BCUT2D eigenvalue weighted by Gasteiger charge is -2.09. The first-order valence-corrected chi connectivity index (χ1v) is 11.8. The van der Waals surface area contributed by atoms with E-state index in [0.717, 1.165) is 5.69 Å². The van der Waals surface area contributed by atoms with Crippen LogP contribution in [-0.4, -0.2) is 31.6 Å². The zero-order chi connectivity index (χ0) is 22.8. The van der Waals surface area contributed by atoms with Crippen molar-refractivity contribution in [1.82, 2.24) is 14.1 Å². The number of amides is 1. The molecule has 0 aliphatic heterocycles. The second kappa shape index (κ2) is 9.19. The Hall–Kier alpha value is -3.08. The van der Waals surface area contributed by atoms with Crippen molar-refractivity contribution in [3.05, 3.63) is 74.5 Å². The number of aromatic nitrogens is 3. The number of fused-ring (bicyclic) bond motifs is 1. The molecule has 32 heavy (non-hydrogen) atoms. The van der Waals surface area contributed by atoms with Crippen LogP contribution in [0.4, 0.5) is 5.69 Å². The quantitative estimate of drug-likeness (QED) is 0.189. The maximum atomic E-state index is 12.9. The first-order valence-electron chi connectivity index (χ1n) is 9.57. The molecule has 2 aromatic carbocycles. The predicted octanol–water partition coefficient (Wildman–Crippen LogP) is 4.45. The molecule has 2 aromatic heterocycles. The number of para-hydroxylation sites is 1. The fourth-order valence-electron chi connectivity index (χ4n) is 3.06. The first kappa shape index (κ1) is 22.1. The van der Waals surface area contributed by atoms with Crippen molar-refractivity contribution in [3.8, 4) is 5.69 Å². The summed E-state index contributed by atoms with van der Waals surface area (Å²) >= 11 is 7.88. The number of thiazole rings is 1. The third kappa shape index (κ3) is 4.43. The summed E-state index contributed by atoms with van der Waals surface area (Å²) in [5.41, 5.74) is 2.27. The van der Waals surface area contributed by atoms with Gasteiger partial charge in [-0.05, 0) is 55.5 Å². The molecule has 10 heteroatoms. The lowest BCUT2D eigenvalue weighted by molar-refractivity contribution is -0.113. The largest absolute Gasteiger partial charge is 0.325 e. The highest BCUT2D eigenvalue weighted by Gasteiger charge is 2.17. The molecule has 1 amide bonds. The lowest BCUT2D eigenvalue weighted by atomic mass is 10.1. The van der Waals surface area contributed by atoms with Crippen molar-refractivity contribution in [1.29, 1.82) is 0 Å². The van der Waals surface area contributed by atoms with Crippen LogP contribution in [0.25, 0.3) is 16.0 Å². The zero-order valence-electron chi connectivity index (χ0n) is 17.2. The minimum absolute atomic E-state index is 0.0378. The smallest absolute Gasteiger partial charge is 0.273 e. The number of hydrogen-bond donors (Lipinski definition) is 1. The summed E-state index contributed by atoms with van der Waals surface area (Å²) in [6, 6.07) is 16.2. The highest BCUT2D eigenvalue weighted by Crippen LogP contribution is 2.25. The molecular formula is C22H18N4O3S3. The number of thioether (sulfide) groups is 1. The van der Waals surface area contributed by atoms with Gasteiger partial charge in [-0.3, -0.25) is 23.5 Å². The molecule has 0 spiro atoms. The molecule has 7 nitrogen and oxygen atoms in total. The summed E-state index contributed by atoms with van der Waals surface area (Å²) in [6.07, 6.45) is 0. The number of ketones is 1. The average Bonchev–Trinajstić information content (AvgIpc) is 3.12. The molecule has 0 aliphatic carbocycles. The van der Waals surface area contributed by atoms with E-state index in [2.05, 4.69) is 10.3 Å². The fourth-order valence-corrected chi connectivity index (χ4v) is 5.17. The van der Waals surface area contributed by atoms with Gasteiger partial charge in [0.05, 0.1) is 5.75 Å². The third-order valence-electron chi connectivity index (χ3n) is 4.70. The Labute approximate surface area is 196 Å². The van der Waals surface area contributed by atoms with E-state index in [1.54, 1.807) is 35.9 Å². The van der Waals surface area contributed by atoms with E-state index in [1.807, 2.05) is 30.3 Å². The summed E-state index contributed by atoms with van der Waals surface area (Å²) in [7, 11) is 1.63. The fraction of sp³-hybridized carbons (Fsp3) is 0.136. The van der Waals surface area contributed by atoms with E-state index < -0.39 is 0 Å². The van der Waals surface area contributed by atoms with Gasteiger partial charge in [0.1, 0.15) is 4.70 Å². The standard InChI is InChI=1S/C22H18N4O3S3/c1-13(27)14-8-10-15(11-9-14)23-17(28)12-31-21-24-19-18(20(29)25(21)2)32-22(30)26(19)16-6-4-3-5-7-16/h3-11H,12H2,1-2H3,(H,23,28). The van der Waals surface area contributed by atoms with Crippen molar-refractivity contribution in [2.24, 2.45) is 7.05 Å². The molecule has 0 unspecified atom stereocenters. The third-order valence-corrected chi connectivity index (χ3v) is 7.08. The molecule has 0 bridgehead atoms. The Morgan fingerprint density at radius 3 is 2.47 bits per heavy atom. The van der Waals surface area contributed by atoms with Crippen LogP contribution in [0.3, 0.4) is 0 Å². The van der Waals surface area contributed by atoms with Gasteiger partial charge in [-0.15, -0.1) is 0 Å². The first-order chi connectivity index (χ1) is 15.3. The molecule has 4 rings (SSSR count). The normalized spacial score (nSPS) is 10.9. The number of carbonyl (C=O) groups is 2. The summed E-state index contributed by atoms with van der Waals surface area (Å²) in [5, 5.41) is 3.20. The molecule has 2 heterocycles. The average molecular weight is 483 g/mol. The summed E-state index contributed by atoms with van der Waals surface area (Å²) in [5.74, 6) is -0.217. The van der Waals surface area contributed by atoms with Crippen molar-refractivity contribution in [2.45, 2.75) is 12.1 Å². The SMILES string of the molecule is CC(=O)c1ccc(NC(=O)CSc2nc3c(sc(=S)n3-c3ccccc3)c(=O)n2C)cc1. The van der Waals surface area contributed by atoms with Gasteiger partial charge in [-0.1, -0.05) is 41.3 Å². The molecule has 0 saturated heterocycles. The summed E-state index contributed by atoms with van der Waals surface area (Å²) in [6.45, 7) is 1.49. The Morgan fingerprint density at radius 2 is 1.81 bits per heavy atom. The molecule has 0 atom stereocenters. The lowest BCUT2D eigenvalue weighted by Crippen LogP contribution is -2.21. The van der Waals surface area contributed by atoms with Gasteiger partial charge in [0.15, 0.2) is 20.5 Å². The minimum Gasteiger partial charge on any atom is -0.325 e. The Morgan fingerprint density at radius 1 is 1.12 bits per heavy atom. The minimum atomic E-state index is -0.245. The van der Waals surface area contributed by atoms with Gasteiger partial charge in [-0.2, -0.15) is 0 Å². The maximum Gasteiger partial charge on any atom is 0.273 e. The van der Waals surface area contributed by atoms with Crippen molar-refractivity contribution in [2.75, 3.05) is 11.1 Å². The number of carbonyl (C=O) groups excluding carboxylic acids is 2. The van der Waals surface area contributed by atoms with Gasteiger partial charge in [0.25, 0.3) is 5.56 Å². The molecule has 0 fully saturated rings.